The van der Waals surface area contributed by atoms with Crippen LogP contribution in [0.3, 0.4) is 0 Å². The lowest BCUT2D eigenvalue weighted by atomic mass is 10.0. The Labute approximate surface area is 164 Å². The molecule has 4 nitrogen and oxygen atoms in total. The molecule has 1 aromatic carbocycles. The number of para-hydroxylation sites is 1. The van der Waals surface area contributed by atoms with E-state index in [1.807, 2.05) is 6.07 Å². The van der Waals surface area contributed by atoms with Crippen molar-refractivity contribution in [1.29, 1.82) is 0 Å². The Kier molecular flexibility index (Phi) is 8.76. The minimum absolute atomic E-state index is 0.353. The smallest absolute Gasteiger partial charge is 0.0965 e. The van der Waals surface area contributed by atoms with Gasteiger partial charge < -0.3 is 15.3 Å². The van der Waals surface area contributed by atoms with Gasteiger partial charge in [0.05, 0.1) is 11.8 Å². The second-order valence-corrected chi connectivity index (χ2v) is 7.50. The Morgan fingerprint density at radius 2 is 2.00 bits per heavy atom. The zero-order valence-corrected chi connectivity index (χ0v) is 17.3. The van der Waals surface area contributed by atoms with Crippen LogP contribution in [0.25, 0.3) is 0 Å². The quantitative estimate of drug-likeness (QED) is 0.615. The molecule has 2 aromatic rings. The van der Waals surface area contributed by atoms with Crippen molar-refractivity contribution in [3.05, 3.63) is 59.4 Å². The highest BCUT2D eigenvalue weighted by molar-refractivity contribution is 5.52. The van der Waals surface area contributed by atoms with Gasteiger partial charge >= 0.3 is 0 Å². The van der Waals surface area contributed by atoms with Crippen molar-refractivity contribution in [3.8, 4) is 0 Å². The average Bonchev–Trinajstić information content (AvgIpc) is 2.81. The van der Waals surface area contributed by atoms with E-state index in [9.17, 15) is 5.11 Å². The van der Waals surface area contributed by atoms with E-state index in [0.29, 0.717) is 5.92 Å². The highest BCUT2D eigenvalue weighted by Gasteiger charge is 2.20. The third-order valence-electron chi connectivity index (χ3n) is 5.17. The number of aromatic nitrogens is 1. The molecule has 0 bridgehead atoms. The van der Waals surface area contributed by atoms with E-state index < -0.39 is 0 Å². The highest BCUT2D eigenvalue weighted by atomic mass is 16.3. The summed E-state index contributed by atoms with van der Waals surface area (Å²) in [4.78, 5) is 6.53. The molecule has 0 aliphatic heterocycles. The Morgan fingerprint density at radius 3 is 2.74 bits per heavy atom. The first kappa shape index (κ1) is 21.4. The maximum Gasteiger partial charge on any atom is 0.0965 e. The number of rotatable bonds is 5. The van der Waals surface area contributed by atoms with Gasteiger partial charge in [-0.1, -0.05) is 38.1 Å². The van der Waals surface area contributed by atoms with Crippen LogP contribution in [0.2, 0.25) is 0 Å². The molecular formula is C23H35N3O. The summed E-state index contributed by atoms with van der Waals surface area (Å²) in [5.41, 5.74) is 4.78. The van der Waals surface area contributed by atoms with Crippen LogP contribution in [-0.2, 0) is 6.42 Å². The number of anilines is 1. The van der Waals surface area contributed by atoms with Crippen molar-refractivity contribution in [2.45, 2.75) is 46.1 Å². The summed E-state index contributed by atoms with van der Waals surface area (Å²) in [6.45, 7) is 9.61. The Bertz CT molecular complexity index is 689. The first-order valence-corrected chi connectivity index (χ1v) is 10.1. The van der Waals surface area contributed by atoms with Crippen LogP contribution >= 0.6 is 0 Å². The standard InChI is InChI=1S/C12H20N2.C11H15NO/c1-4-13-9-10-14(3)12-8-6-5-7-11(12)2;1-8-4-5-9-3-2-6-12-11(9)10(13)7-8/h5-8,13H,4,9-10H2,1-3H3;2-3,6,8,10,13H,4-5,7H2,1H3/t;8-,10?/m.1/s1. The van der Waals surface area contributed by atoms with Crippen LogP contribution < -0.4 is 10.2 Å². The zero-order valence-electron chi connectivity index (χ0n) is 17.3. The number of nitrogens with one attached hydrogen (secondary N) is 1. The molecular weight excluding hydrogens is 334 g/mol. The molecule has 1 aliphatic carbocycles. The minimum Gasteiger partial charge on any atom is -0.387 e. The molecule has 0 fully saturated rings. The molecule has 148 valence electrons. The molecule has 0 amide bonds. The van der Waals surface area contributed by atoms with Gasteiger partial charge in [0.25, 0.3) is 0 Å². The maximum atomic E-state index is 9.85. The molecule has 1 aliphatic rings. The number of fused-ring (bicyclic) bond motifs is 1. The van der Waals surface area contributed by atoms with Crippen LogP contribution in [-0.4, -0.2) is 36.8 Å². The number of benzene rings is 1. The Morgan fingerprint density at radius 1 is 1.22 bits per heavy atom. The minimum atomic E-state index is -0.353. The zero-order chi connectivity index (χ0) is 19.6. The molecule has 3 rings (SSSR count). The lowest BCUT2D eigenvalue weighted by Gasteiger charge is -2.21. The van der Waals surface area contributed by atoms with Gasteiger partial charge in [0.15, 0.2) is 0 Å². The van der Waals surface area contributed by atoms with Crippen molar-refractivity contribution < 1.29 is 5.11 Å². The normalized spacial score (nSPS) is 18.7. The average molecular weight is 370 g/mol. The second-order valence-electron chi connectivity index (χ2n) is 7.50. The number of aliphatic hydroxyl groups is 1. The predicted octanol–water partition coefficient (Wildman–Crippen LogP) is 4.13. The summed E-state index contributed by atoms with van der Waals surface area (Å²) in [6.07, 6.45) is 4.48. The molecule has 1 aromatic heterocycles. The SMILES string of the molecule is CCNCCN(C)c1ccccc1C.C[C@@H]1CCc2cccnc2C(O)C1. The largest absolute Gasteiger partial charge is 0.387 e. The molecule has 2 atom stereocenters. The first-order valence-electron chi connectivity index (χ1n) is 10.1. The second kappa shape index (κ2) is 11.1. The monoisotopic (exact) mass is 369 g/mol. The molecule has 0 radical (unpaired) electrons. The van der Waals surface area contributed by atoms with E-state index in [1.54, 1.807) is 6.20 Å². The fourth-order valence-electron chi connectivity index (χ4n) is 3.51. The van der Waals surface area contributed by atoms with Crippen LogP contribution in [0, 0.1) is 12.8 Å². The number of hydrogen-bond donors (Lipinski definition) is 2. The fraction of sp³-hybridized carbons (Fsp3) is 0.522. The molecule has 0 saturated carbocycles. The van der Waals surface area contributed by atoms with Crippen LogP contribution in [0.1, 0.15) is 49.6 Å². The highest BCUT2D eigenvalue weighted by Crippen LogP contribution is 2.29. The topological polar surface area (TPSA) is 48.4 Å². The van der Waals surface area contributed by atoms with E-state index in [0.717, 1.165) is 44.6 Å². The van der Waals surface area contributed by atoms with E-state index in [4.69, 9.17) is 0 Å². The van der Waals surface area contributed by atoms with Crippen LogP contribution in [0.5, 0.6) is 0 Å². The van der Waals surface area contributed by atoms with Gasteiger partial charge in [-0.15, -0.1) is 0 Å². The lowest BCUT2D eigenvalue weighted by Crippen LogP contribution is -2.29. The number of pyridine rings is 1. The first-order chi connectivity index (χ1) is 13.0. The molecule has 1 unspecified atom stereocenters. The summed E-state index contributed by atoms with van der Waals surface area (Å²) < 4.78 is 0. The van der Waals surface area contributed by atoms with Crippen molar-refractivity contribution >= 4 is 5.69 Å². The fourth-order valence-corrected chi connectivity index (χ4v) is 3.51. The summed E-state index contributed by atoms with van der Waals surface area (Å²) in [6, 6.07) is 12.5. The van der Waals surface area contributed by atoms with Crippen LogP contribution in [0.4, 0.5) is 5.69 Å². The molecule has 2 N–H and O–H groups in total. The van der Waals surface area contributed by atoms with Gasteiger partial charge in [-0.2, -0.15) is 0 Å². The third kappa shape index (κ3) is 6.64. The molecule has 1 heterocycles. The van der Waals surface area contributed by atoms with E-state index >= 15 is 0 Å². The summed E-state index contributed by atoms with van der Waals surface area (Å²) in [5, 5.41) is 13.2. The molecule has 27 heavy (non-hydrogen) atoms. The van der Waals surface area contributed by atoms with Crippen molar-refractivity contribution in [2.24, 2.45) is 5.92 Å². The van der Waals surface area contributed by atoms with Crippen molar-refractivity contribution in [2.75, 3.05) is 31.6 Å². The van der Waals surface area contributed by atoms with E-state index in [1.165, 1.54) is 16.8 Å². The van der Waals surface area contributed by atoms with Crippen molar-refractivity contribution in [1.82, 2.24) is 10.3 Å². The van der Waals surface area contributed by atoms with Gasteiger partial charge in [0.2, 0.25) is 0 Å². The number of hydrogen-bond acceptors (Lipinski definition) is 4. The van der Waals surface area contributed by atoms with E-state index in [-0.39, 0.29) is 6.10 Å². The maximum absolute atomic E-state index is 9.85. The lowest BCUT2D eigenvalue weighted by molar-refractivity contribution is 0.145. The molecule has 4 heteroatoms. The van der Waals surface area contributed by atoms with E-state index in [2.05, 4.69) is 73.4 Å². The van der Waals surface area contributed by atoms with Gasteiger partial charge in [0, 0.05) is 32.0 Å². The number of aliphatic hydroxyl groups excluding tert-OH is 1. The third-order valence-corrected chi connectivity index (χ3v) is 5.17. The van der Waals surface area contributed by atoms with Gasteiger partial charge in [-0.3, -0.25) is 4.98 Å². The van der Waals surface area contributed by atoms with Crippen LogP contribution in [0.15, 0.2) is 42.6 Å². The van der Waals surface area contributed by atoms with Gasteiger partial charge in [-0.05, 0) is 61.9 Å². The summed E-state index contributed by atoms with van der Waals surface area (Å²) in [7, 11) is 2.14. The Hall–Kier alpha value is -1.91. The van der Waals surface area contributed by atoms with Crippen molar-refractivity contribution in [3.63, 3.8) is 0 Å². The molecule has 0 saturated heterocycles. The predicted molar refractivity (Wildman–Crippen MR) is 114 cm³/mol. The number of aryl methyl sites for hydroxylation is 2. The number of nitrogens with zero attached hydrogens (tertiary/aromatic N) is 2. The number of likely N-dealkylation sites (N-methyl/N-ethyl adjacent to an activating group) is 2. The van der Waals surface area contributed by atoms with Gasteiger partial charge in [0.1, 0.15) is 0 Å². The summed E-state index contributed by atoms with van der Waals surface area (Å²) >= 11 is 0. The Balaban J connectivity index is 0.000000194. The molecule has 0 spiro atoms. The summed E-state index contributed by atoms with van der Waals surface area (Å²) in [5.74, 6) is 0.601. The van der Waals surface area contributed by atoms with Gasteiger partial charge in [-0.25, -0.2) is 0 Å².